The Morgan fingerprint density at radius 2 is 1.57 bits per heavy atom. The Morgan fingerprint density at radius 3 is 2.10 bits per heavy atom. The van der Waals surface area contributed by atoms with E-state index < -0.39 is 0 Å². The van der Waals surface area contributed by atoms with E-state index in [0.717, 1.165) is 24.5 Å². The molecule has 4 heteroatoms. The van der Waals surface area contributed by atoms with Gasteiger partial charge < -0.3 is 19.1 Å². The van der Waals surface area contributed by atoms with Crippen LogP contribution in [0.15, 0.2) is 49.6 Å². The van der Waals surface area contributed by atoms with Crippen LogP contribution in [0, 0.1) is 0 Å². The van der Waals surface area contributed by atoms with Crippen LogP contribution >= 0.6 is 0 Å². The minimum absolute atomic E-state index is 0.562. The van der Waals surface area contributed by atoms with Crippen LogP contribution in [0.1, 0.15) is 0 Å². The second-order valence-electron chi connectivity index (χ2n) is 4.39. The average molecular weight is 291 g/mol. The fourth-order valence-electron chi connectivity index (χ4n) is 1.93. The second kappa shape index (κ2) is 10.9. The molecule has 0 aliphatic carbocycles. The van der Waals surface area contributed by atoms with Crippen LogP contribution in [0.25, 0.3) is 0 Å². The molecule has 0 N–H and O–H groups in total. The van der Waals surface area contributed by atoms with E-state index in [9.17, 15) is 0 Å². The fourth-order valence-corrected chi connectivity index (χ4v) is 1.93. The number of para-hydroxylation sites is 2. The van der Waals surface area contributed by atoms with Gasteiger partial charge in [-0.05, 0) is 12.1 Å². The van der Waals surface area contributed by atoms with Crippen molar-refractivity contribution in [2.24, 2.45) is 0 Å². The minimum atomic E-state index is 0.562. The predicted octanol–water partition coefficient (Wildman–Crippen LogP) is 2.91. The molecule has 0 unspecified atom stereocenters. The molecule has 0 saturated carbocycles. The lowest BCUT2D eigenvalue weighted by Gasteiger charge is -2.26. The van der Waals surface area contributed by atoms with E-state index in [4.69, 9.17) is 14.2 Å². The molecule has 0 heterocycles. The molecule has 0 bridgehead atoms. The number of methoxy groups -OCH3 is 1. The van der Waals surface area contributed by atoms with Crippen LogP contribution < -0.4 is 9.64 Å². The van der Waals surface area contributed by atoms with Gasteiger partial charge in [-0.15, -0.1) is 13.2 Å². The van der Waals surface area contributed by atoms with E-state index in [2.05, 4.69) is 18.1 Å². The molecule has 0 atom stereocenters. The summed E-state index contributed by atoms with van der Waals surface area (Å²) in [5.74, 6) is 0.852. The largest absolute Gasteiger partial charge is 0.495 e. The fraction of sp³-hybridized carbons (Fsp3) is 0.412. The maximum Gasteiger partial charge on any atom is 0.142 e. The first-order valence-electron chi connectivity index (χ1n) is 7.08. The molecule has 116 valence electrons. The highest BCUT2D eigenvalue weighted by Gasteiger charge is 2.11. The first kappa shape index (κ1) is 17.3. The Balaban J connectivity index is 2.64. The summed E-state index contributed by atoms with van der Waals surface area (Å²) < 4.78 is 16.4. The first-order chi connectivity index (χ1) is 10.3. The molecular weight excluding hydrogens is 266 g/mol. The van der Waals surface area contributed by atoms with Crippen LogP contribution in [0.3, 0.4) is 0 Å². The summed E-state index contributed by atoms with van der Waals surface area (Å²) in [6, 6.07) is 7.96. The molecule has 0 fully saturated rings. The molecule has 0 aliphatic rings. The smallest absolute Gasteiger partial charge is 0.142 e. The summed E-state index contributed by atoms with van der Waals surface area (Å²) >= 11 is 0. The number of ether oxygens (including phenoxy) is 3. The van der Waals surface area contributed by atoms with E-state index in [1.54, 1.807) is 19.3 Å². The van der Waals surface area contributed by atoms with Gasteiger partial charge in [0.25, 0.3) is 0 Å². The predicted molar refractivity (Wildman–Crippen MR) is 87.2 cm³/mol. The Labute approximate surface area is 127 Å². The highest BCUT2D eigenvalue weighted by Crippen LogP contribution is 2.27. The molecular formula is C17H25NO3. The topological polar surface area (TPSA) is 30.9 Å². The molecule has 21 heavy (non-hydrogen) atoms. The number of hydrogen-bond acceptors (Lipinski definition) is 4. The van der Waals surface area contributed by atoms with Crippen LogP contribution in [-0.2, 0) is 9.47 Å². The molecule has 0 spiro atoms. The minimum Gasteiger partial charge on any atom is -0.495 e. The van der Waals surface area contributed by atoms with Gasteiger partial charge in [-0.25, -0.2) is 0 Å². The third kappa shape index (κ3) is 6.47. The number of benzene rings is 1. The van der Waals surface area contributed by atoms with Crippen LogP contribution in [0.2, 0.25) is 0 Å². The Hall–Kier alpha value is -1.78. The zero-order chi connectivity index (χ0) is 15.3. The molecule has 4 nitrogen and oxygen atoms in total. The highest BCUT2D eigenvalue weighted by molar-refractivity contribution is 5.58. The number of anilines is 1. The van der Waals surface area contributed by atoms with Gasteiger partial charge in [-0.2, -0.15) is 0 Å². The molecule has 0 amide bonds. The van der Waals surface area contributed by atoms with Crippen LogP contribution in [0.5, 0.6) is 5.75 Å². The van der Waals surface area contributed by atoms with Gasteiger partial charge in [-0.3, -0.25) is 0 Å². The van der Waals surface area contributed by atoms with Gasteiger partial charge in [0.05, 0.1) is 39.2 Å². The van der Waals surface area contributed by atoms with E-state index in [1.807, 2.05) is 24.3 Å². The van der Waals surface area contributed by atoms with Crippen molar-refractivity contribution in [1.29, 1.82) is 0 Å². The number of hydrogen-bond donors (Lipinski definition) is 0. The molecule has 0 aliphatic heterocycles. The van der Waals surface area contributed by atoms with E-state index in [1.165, 1.54) is 0 Å². The third-order valence-electron chi connectivity index (χ3n) is 2.91. The molecule has 0 saturated heterocycles. The van der Waals surface area contributed by atoms with Gasteiger partial charge in [0, 0.05) is 13.1 Å². The van der Waals surface area contributed by atoms with Crippen molar-refractivity contribution >= 4 is 5.69 Å². The van der Waals surface area contributed by atoms with E-state index in [-0.39, 0.29) is 0 Å². The lowest BCUT2D eigenvalue weighted by Crippen LogP contribution is -2.31. The van der Waals surface area contributed by atoms with E-state index >= 15 is 0 Å². The molecule has 1 aromatic carbocycles. The SMILES string of the molecule is C=CCOCCN(CCOCC=C)c1ccccc1OC. The zero-order valence-corrected chi connectivity index (χ0v) is 12.8. The standard InChI is InChI=1S/C17H25NO3/c1-4-12-20-14-10-18(11-15-21-13-5-2)16-8-6-7-9-17(16)19-3/h4-9H,1-2,10-15H2,3H3. The van der Waals surface area contributed by atoms with Gasteiger partial charge in [0.15, 0.2) is 0 Å². The van der Waals surface area contributed by atoms with Crippen molar-refractivity contribution < 1.29 is 14.2 Å². The summed E-state index contributed by atoms with van der Waals surface area (Å²) in [4.78, 5) is 2.20. The van der Waals surface area contributed by atoms with Gasteiger partial charge in [0.2, 0.25) is 0 Å². The molecule has 0 radical (unpaired) electrons. The monoisotopic (exact) mass is 291 g/mol. The molecule has 0 aromatic heterocycles. The lowest BCUT2D eigenvalue weighted by atomic mass is 10.2. The Bertz CT molecular complexity index is 404. The van der Waals surface area contributed by atoms with Gasteiger partial charge in [0.1, 0.15) is 5.75 Å². The third-order valence-corrected chi connectivity index (χ3v) is 2.91. The summed E-state index contributed by atoms with van der Waals surface area (Å²) in [5, 5.41) is 0. The van der Waals surface area contributed by atoms with Crippen molar-refractivity contribution in [3.63, 3.8) is 0 Å². The van der Waals surface area contributed by atoms with Crippen molar-refractivity contribution in [2.75, 3.05) is 51.5 Å². The van der Waals surface area contributed by atoms with E-state index in [0.29, 0.717) is 26.4 Å². The summed E-state index contributed by atoms with van der Waals surface area (Å²) in [6.07, 6.45) is 3.50. The number of nitrogens with zero attached hydrogens (tertiary/aromatic N) is 1. The quantitative estimate of drug-likeness (QED) is 0.438. The second-order valence-corrected chi connectivity index (χ2v) is 4.39. The van der Waals surface area contributed by atoms with Crippen molar-refractivity contribution in [1.82, 2.24) is 0 Å². The van der Waals surface area contributed by atoms with Crippen LogP contribution in [0.4, 0.5) is 5.69 Å². The van der Waals surface area contributed by atoms with Crippen LogP contribution in [-0.4, -0.2) is 46.6 Å². The summed E-state index contributed by atoms with van der Waals surface area (Å²) in [5.41, 5.74) is 1.05. The number of rotatable bonds is 12. The van der Waals surface area contributed by atoms with Crippen molar-refractivity contribution in [2.45, 2.75) is 0 Å². The lowest BCUT2D eigenvalue weighted by molar-refractivity contribution is 0.155. The molecule has 1 rings (SSSR count). The maximum atomic E-state index is 5.48. The molecule has 1 aromatic rings. The Morgan fingerprint density at radius 1 is 1.00 bits per heavy atom. The van der Waals surface area contributed by atoms with Gasteiger partial charge >= 0.3 is 0 Å². The zero-order valence-electron chi connectivity index (χ0n) is 12.8. The highest BCUT2D eigenvalue weighted by atomic mass is 16.5. The maximum absolute atomic E-state index is 5.48. The Kier molecular flexibility index (Phi) is 9.00. The van der Waals surface area contributed by atoms with Crippen molar-refractivity contribution in [3.05, 3.63) is 49.6 Å². The normalized spacial score (nSPS) is 10.1. The first-order valence-corrected chi connectivity index (χ1v) is 7.08. The summed E-state index contributed by atoms with van der Waals surface area (Å²) in [7, 11) is 1.68. The average Bonchev–Trinajstić information content (AvgIpc) is 2.53. The van der Waals surface area contributed by atoms with Crippen molar-refractivity contribution in [3.8, 4) is 5.75 Å². The van der Waals surface area contributed by atoms with Gasteiger partial charge in [-0.1, -0.05) is 24.3 Å². The summed E-state index contributed by atoms with van der Waals surface area (Å²) in [6.45, 7) is 11.2.